The van der Waals surface area contributed by atoms with Gasteiger partial charge in [-0.2, -0.15) is 5.10 Å². The third-order valence-electron chi connectivity index (χ3n) is 2.36. The van der Waals surface area contributed by atoms with Gasteiger partial charge in [-0.15, -0.1) is 0 Å². The third-order valence-corrected chi connectivity index (χ3v) is 2.73. The van der Waals surface area contributed by atoms with Crippen LogP contribution >= 0.6 is 11.6 Å². The molecular weight excluding hydrogens is 254 g/mol. The number of halogens is 1. The molecule has 96 valence electrons. The van der Waals surface area contributed by atoms with Gasteiger partial charge in [0, 0.05) is 20.2 Å². The molecule has 7 heteroatoms. The van der Waals surface area contributed by atoms with E-state index < -0.39 is 0 Å². The minimum absolute atomic E-state index is 0.344. The Bertz CT molecular complexity index is 535. The summed E-state index contributed by atoms with van der Waals surface area (Å²) in [5.41, 5.74) is 0.759. The summed E-state index contributed by atoms with van der Waals surface area (Å²) < 4.78 is 6.66. The van der Waals surface area contributed by atoms with Crippen LogP contribution < -0.4 is 5.32 Å². The maximum Gasteiger partial charge on any atom is 0.159 e. The zero-order valence-electron chi connectivity index (χ0n) is 10.4. The normalized spacial score (nSPS) is 10.7. The van der Waals surface area contributed by atoms with Gasteiger partial charge in [0.1, 0.15) is 12.4 Å². The standard InChI is InChI=1S/C11H14ClN5O/c1-7-8(12)5-17(16-7)11-4-9(13-2)14-10(15-11)6-18-3/h4-5H,6H2,1-3H3,(H,13,14,15). The van der Waals surface area contributed by atoms with E-state index >= 15 is 0 Å². The number of methoxy groups -OCH3 is 1. The van der Waals surface area contributed by atoms with Crippen LogP contribution in [0.2, 0.25) is 5.02 Å². The number of aryl methyl sites for hydroxylation is 1. The predicted molar refractivity (Wildman–Crippen MR) is 69.2 cm³/mol. The van der Waals surface area contributed by atoms with Gasteiger partial charge in [-0.05, 0) is 6.92 Å². The fourth-order valence-electron chi connectivity index (χ4n) is 1.48. The zero-order chi connectivity index (χ0) is 13.1. The number of aromatic nitrogens is 4. The van der Waals surface area contributed by atoms with E-state index in [-0.39, 0.29) is 0 Å². The summed E-state index contributed by atoms with van der Waals surface area (Å²) in [5, 5.41) is 7.86. The van der Waals surface area contributed by atoms with Crippen LogP contribution in [0, 0.1) is 6.92 Å². The molecule has 0 bridgehead atoms. The van der Waals surface area contributed by atoms with Gasteiger partial charge in [0.15, 0.2) is 11.6 Å². The highest BCUT2D eigenvalue weighted by Crippen LogP contribution is 2.17. The Balaban J connectivity index is 2.45. The zero-order valence-corrected chi connectivity index (χ0v) is 11.2. The molecule has 0 saturated carbocycles. The Morgan fingerprint density at radius 1 is 1.44 bits per heavy atom. The minimum atomic E-state index is 0.344. The molecule has 0 aliphatic rings. The number of nitrogens with zero attached hydrogens (tertiary/aromatic N) is 4. The van der Waals surface area contributed by atoms with Gasteiger partial charge in [0.2, 0.25) is 0 Å². The molecule has 2 heterocycles. The fraction of sp³-hybridized carbons (Fsp3) is 0.364. The summed E-state index contributed by atoms with van der Waals surface area (Å²) in [6, 6.07) is 1.79. The molecule has 2 aromatic heterocycles. The van der Waals surface area contributed by atoms with Crippen molar-refractivity contribution in [1.82, 2.24) is 19.7 Å². The first kappa shape index (κ1) is 12.8. The van der Waals surface area contributed by atoms with Crippen LogP contribution in [-0.2, 0) is 11.3 Å². The van der Waals surface area contributed by atoms with Crippen LogP contribution in [0.25, 0.3) is 5.82 Å². The molecule has 18 heavy (non-hydrogen) atoms. The summed E-state index contributed by atoms with van der Waals surface area (Å²) in [6.07, 6.45) is 1.72. The first-order valence-electron chi connectivity index (χ1n) is 5.41. The van der Waals surface area contributed by atoms with Crippen molar-refractivity contribution in [3.63, 3.8) is 0 Å². The van der Waals surface area contributed by atoms with E-state index in [0.29, 0.717) is 29.1 Å². The highest BCUT2D eigenvalue weighted by Gasteiger charge is 2.09. The van der Waals surface area contributed by atoms with Crippen molar-refractivity contribution in [2.45, 2.75) is 13.5 Å². The van der Waals surface area contributed by atoms with E-state index in [1.54, 1.807) is 31.1 Å². The average molecular weight is 268 g/mol. The molecule has 0 aliphatic heterocycles. The second kappa shape index (κ2) is 5.32. The van der Waals surface area contributed by atoms with E-state index in [2.05, 4.69) is 20.4 Å². The number of rotatable bonds is 4. The maximum atomic E-state index is 5.99. The van der Waals surface area contributed by atoms with Gasteiger partial charge >= 0.3 is 0 Å². The van der Waals surface area contributed by atoms with E-state index in [9.17, 15) is 0 Å². The number of hydrogen-bond donors (Lipinski definition) is 1. The third kappa shape index (κ3) is 2.60. The van der Waals surface area contributed by atoms with E-state index in [1.807, 2.05) is 6.92 Å². The van der Waals surface area contributed by atoms with Crippen LogP contribution in [0.3, 0.4) is 0 Å². The van der Waals surface area contributed by atoms with Gasteiger partial charge in [0.25, 0.3) is 0 Å². The molecule has 0 spiro atoms. The lowest BCUT2D eigenvalue weighted by atomic mass is 10.5. The highest BCUT2D eigenvalue weighted by atomic mass is 35.5. The molecular formula is C11H14ClN5O. The van der Waals surface area contributed by atoms with E-state index in [1.165, 1.54) is 0 Å². The van der Waals surface area contributed by atoms with Gasteiger partial charge in [-0.3, -0.25) is 0 Å². The first-order valence-corrected chi connectivity index (χ1v) is 5.78. The van der Waals surface area contributed by atoms with E-state index in [4.69, 9.17) is 16.3 Å². The van der Waals surface area contributed by atoms with Crippen molar-refractivity contribution in [3.8, 4) is 5.82 Å². The lowest BCUT2D eigenvalue weighted by molar-refractivity contribution is 0.178. The lowest BCUT2D eigenvalue weighted by Crippen LogP contribution is -2.07. The van der Waals surface area contributed by atoms with Crippen LogP contribution in [0.4, 0.5) is 5.82 Å². The summed E-state index contributed by atoms with van der Waals surface area (Å²) in [6.45, 7) is 2.19. The van der Waals surface area contributed by atoms with Crippen molar-refractivity contribution in [1.29, 1.82) is 0 Å². The van der Waals surface area contributed by atoms with Gasteiger partial charge in [0.05, 0.1) is 16.9 Å². The number of ether oxygens (including phenoxy) is 1. The topological polar surface area (TPSA) is 64.9 Å². The molecule has 0 aromatic carbocycles. The predicted octanol–water partition coefficient (Wildman–Crippen LogP) is 1.81. The molecule has 0 aliphatic carbocycles. The summed E-state index contributed by atoms with van der Waals surface area (Å²) in [5.74, 6) is 1.94. The largest absolute Gasteiger partial charge is 0.377 e. The van der Waals surface area contributed by atoms with Crippen molar-refractivity contribution in [3.05, 3.63) is 28.8 Å². The first-order chi connectivity index (χ1) is 8.63. The molecule has 0 amide bonds. The smallest absolute Gasteiger partial charge is 0.159 e. The Hall–Kier alpha value is -1.66. The molecule has 0 atom stereocenters. The number of hydrogen-bond acceptors (Lipinski definition) is 5. The molecule has 6 nitrogen and oxygen atoms in total. The Morgan fingerprint density at radius 2 is 2.22 bits per heavy atom. The molecule has 2 rings (SSSR count). The summed E-state index contributed by atoms with van der Waals surface area (Å²) in [7, 11) is 3.40. The lowest BCUT2D eigenvalue weighted by Gasteiger charge is -2.07. The maximum absolute atomic E-state index is 5.99. The molecule has 1 N–H and O–H groups in total. The van der Waals surface area contributed by atoms with Gasteiger partial charge < -0.3 is 10.1 Å². The van der Waals surface area contributed by atoms with Crippen molar-refractivity contribution >= 4 is 17.4 Å². The molecule has 0 fully saturated rings. The van der Waals surface area contributed by atoms with Crippen LogP contribution in [0.5, 0.6) is 0 Å². The second-order valence-corrected chi connectivity index (χ2v) is 4.12. The number of anilines is 1. The van der Waals surface area contributed by atoms with Gasteiger partial charge in [-0.25, -0.2) is 14.6 Å². The second-order valence-electron chi connectivity index (χ2n) is 3.72. The van der Waals surface area contributed by atoms with E-state index in [0.717, 1.165) is 5.69 Å². The average Bonchev–Trinajstić information content (AvgIpc) is 2.70. The van der Waals surface area contributed by atoms with Crippen LogP contribution in [0.15, 0.2) is 12.3 Å². The summed E-state index contributed by atoms with van der Waals surface area (Å²) in [4.78, 5) is 8.64. The van der Waals surface area contributed by atoms with Crippen molar-refractivity contribution in [2.24, 2.45) is 0 Å². The fourth-order valence-corrected chi connectivity index (χ4v) is 1.61. The van der Waals surface area contributed by atoms with Gasteiger partial charge in [-0.1, -0.05) is 11.6 Å². The van der Waals surface area contributed by atoms with Crippen LogP contribution in [0.1, 0.15) is 11.5 Å². The van der Waals surface area contributed by atoms with Crippen molar-refractivity contribution in [2.75, 3.05) is 19.5 Å². The Labute approximate surface area is 110 Å². The molecule has 0 radical (unpaired) electrons. The van der Waals surface area contributed by atoms with Crippen LogP contribution in [-0.4, -0.2) is 33.9 Å². The highest BCUT2D eigenvalue weighted by molar-refractivity contribution is 6.31. The number of nitrogens with one attached hydrogen (secondary N) is 1. The monoisotopic (exact) mass is 267 g/mol. The molecule has 2 aromatic rings. The Kier molecular flexibility index (Phi) is 3.78. The Morgan fingerprint density at radius 3 is 2.78 bits per heavy atom. The molecule has 0 unspecified atom stereocenters. The minimum Gasteiger partial charge on any atom is -0.377 e. The summed E-state index contributed by atoms with van der Waals surface area (Å²) >= 11 is 5.99. The quantitative estimate of drug-likeness (QED) is 0.915. The molecule has 0 saturated heterocycles. The van der Waals surface area contributed by atoms with Crippen molar-refractivity contribution < 1.29 is 4.74 Å². The SMILES string of the molecule is CNc1cc(-n2cc(Cl)c(C)n2)nc(COC)n1.